The molecule has 0 saturated carbocycles. The summed E-state index contributed by atoms with van der Waals surface area (Å²) in [4.78, 5) is 22.2. The first kappa shape index (κ1) is 15.9. The molecule has 7 heteroatoms. The van der Waals surface area contributed by atoms with Crippen molar-refractivity contribution < 1.29 is 19.2 Å². The van der Waals surface area contributed by atoms with Crippen LogP contribution in [0.25, 0.3) is 0 Å². The summed E-state index contributed by atoms with van der Waals surface area (Å²) < 4.78 is 9.62. The van der Waals surface area contributed by atoms with Crippen LogP contribution in [0, 0.1) is 15.5 Å². The van der Waals surface area contributed by atoms with Gasteiger partial charge in [-0.1, -0.05) is 6.07 Å². The van der Waals surface area contributed by atoms with Crippen LogP contribution in [0.2, 0.25) is 0 Å². The van der Waals surface area contributed by atoms with Gasteiger partial charge in [0.15, 0.2) is 5.75 Å². The van der Waals surface area contributed by atoms with E-state index in [-0.39, 0.29) is 11.4 Å². The minimum absolute atomic E-state index is 0.141. The van der Waals surface area contributed by atoms with Gasteiger partial charge < -0.3 is 15.2 Å². The van der Waals surface area contributed by atoms with E-state index in [4.69, 9.17) is 15.2 Å². The summed E-state index contributed by atoms with van der Waals surface area (Å²) in [6.07, 6.45) is 0. The van der Waals surface area contributed by atoms with Crippen molar-refractivity contribution in [2.45, 2.75) is 19.9 Å². The summed E-state index contributed by atoms with van der Waals surface area (Å²) >= 11 is 0. The Hall–Kier alpha value is -2.15. The second kappa shape index (κ2) is 5.87. The van der Waals surface area contributed by atoms with Crippen LogP contribution in [-0.2, 0) is 9.53 Å². The lowest BCUT2D eigenvalue weighted by Crippen LogP contribution is -2.37. The molecule has 1 atom stereocenters. The van der Waals surface area contributed by atoms with Crippen LogP contribution in [0.15, 0.2) is 18.2 Å². The van der Waals surface area contributed by atoms with E-state index in [1.165, 1.54) is 26.4 Å². The molecule has 0 aliphatic carbocycles. The maximum atomic E-state index is 11.7. The van der Waals surface area contributed by atoms with Crippen molar-refractivity contribution in [3.8, 4) is 5.75 Å². The number of nitrogens with two attached hydrogens (primary N) is 1. The lowest BCUT2D eigenvalue weighted by molar-refractivity contribution is -0.385. The number of nitro benzene ring substituents is 1. The smallest absolute Gasteiger partial charge is 0.313 e. The number of hydrogen-bond donors (Lipinski definition) is 1. The number of nitrogens with zero attached hydrogens (tertiary/aromatic N) is 1. The highest BCUT2D eigenvalue weighted by Gasteiger charge is 2.37. The first-order valence-electron chi connectivity index (χ1n) is 5.92. The van der Waals surface area contributed by atoms with Crippen molar-refractivity contribution in [1.82, 2.24) is 0 Å². The van der Waals surface area contributed by atoms with Crippen LogP contribution in [0.4, 0.5) is 5.69 Å². The van der Waals surface area contributed by atoms with Gasteiger partial charge in [0.2, 0.25) is 0 Å². The van der Waals surface area contributed by atoms with Crippen molar-refractivity contribution in [2.75, 3.05) is 14.2 Å². The Balaban J connectivity index is 3.24. The molecule has 0 aromatic heterocycles. The molecule has 0 heterocycles. The van der Waals surface area contributed by atoms with Gasteiger partial charge in [-0.2, -0.15) is 0 Å². The molecule has 0 aliphatic rings. The molecule has 0 spiro atoms. The van der Waals surface area contributed by atoms with Gasteiger partial charge in [-0.25, -0.2) is 0 Å². The van der Waals surface area contributed by atoms with E-state index in [1.54, 1.807) is 19.9 Å². The van der Waals surface area contributed by atoms with Gasteiger partial charge in [0.1, 0.15) is 0 Å². The Morgan fingerprint density at radius 1 is 1.40 bits per heavy atom. The highest BCUT2D eigenvalue weighted by atomic mass is 16.6. The first-order chi connectivity index (χ1) is 9.25. The van der Waals surface area contributed by atoms with E-state index >= 15 is 0 Å². The average molecular weight is 282 g/mol. The zero-order valence-corrected chi connectivity index (χ0v) is 11.9. The molecule has 1 rings (SSSR count). The lowest BCUT2D eigenvalue weighted by atomic mass is 9.81. The van der Waals surface area contributed by atoms with Crippen LogP contribution in [0.1, 0.15) is 25.5 Å². The maximum absolute atomic E-state index is 11.7. The molecule has 0 radical (unpaired) electrons. The van der Waals surface area contributed by atoms with Crippen LogP contribution in [0.5, 0.6) is 5.75 Å². The Morgan fingerprint density at radius 2 is 2.00 bits per heavy atom. The number of ether oxygens (including phenoxy) is 2. The molecule has 1 aromatic carbocycles. The molecular weight excluding hydrogens is 264 g/mol. The monoisotopic (exact) mass is 282 g/mol. The Kier molecular flexibility index (Phi) is 4.67. The van der Waals surface area contributed by atoms with E-state index in [9.17, 15) is 14.9 Å². The van der Waals surface area contributed by atoms with Crippen LogP contribution >= 0.6 is 0 Å². The molecule has 0 fully saturated rings. The number of hydrogen-bond acceptors (Lipinski definition) is 6. The number of esters is 1. The lowest BCUT2D eigenvalue weighted by Gasteiger charge is -2.28. The van der Waals surface area contributed by atoms with Crippen LogP contribution in [0.3, 0.4) is 0 Å². The fraction of sp³-hybridized carbons (Fsp3) is 0.462. The quantitative estimate of drug-likeness (QED) is 0.501. The molecule has 7 nitrogen and oxygen atoms in total. The molecule has 0 unspecified atom stereocenters. The fourth-order valence-electron chi connectivity index (χ4n) is 1.85. The molecule has 0 aliphatic heterocycles. The summed E-state index contributed by atoms with van der Waals surface area (Å²) in [6.45, 7) is 3.25. The predicted octanol–water partition coefficient (Wildman–Crippen LogP) is 1.80. The van der Waals surface area contributed by atoms with E-state index in [0.717, 1.165) is 0 Å². The Labute approximate surface area is 116 Å². The SMILES string of the molecule is COC(=O)C(C)(C)[C@@H](N)c1ccc(OC)c([N+](=O)[O-])c1. The molecule has 2 N–H and O–H groups in total. The number of benzene rings is 1. The van der Waals surface area contributed by atoms with E-state index in [1.807, 2.05) is 0 Å². The molecular formula is C13H18N2O5. The minimum atomic E-state index is -1.00. The number of carbonyl (C=O) groups is 1. The van der Waals surface area contributed by atoms with Crippen LogP contribution < -0.4 is 10.5 Å². The number of nitro groups is 1. The Bertz CT molecular complexity index is 527. The second-order valence-electron chi connectivity index (χ2n) is 4.88. The first-order valence-corrected chi connectivity index (χ1v) is 5.92. The fourth-order valence-corrected chi connectivity index (χ4v) is 1.85. The largest absolute Gasteiger partial charge is 0.490 e. The van der Waals surface area contributed by atoms with Gasteiger partial charge in [-0.05, 0) is 25.5 Å². The third-order valence-electron chi connectivity index (χ3n) is 3.25. The van der Waals surface area contributed by atoms with Crippen molar-refractivity contribution in [2.24, 2.45) is 11.1 Å². The van der Waals surface area contributed by atoms with E-state index in [2.05, 4.69) is 0 Å². The van der Waals surface area contributed by atoms with E-state index < -0.39 is 22.3 Å². The number of methoxy groups -OCH3 is 2. The molecule has 0 saturated heterocycles. The van der Waals surface area contributed by atoms with Gasteiger partial charge in [0.05, 0.1) is 24.6 Å². The van der Waals surface area contributed by atoms with Crippen molar-refractivity contribution in [3.05, 3.63) is 33.9 Å². The molecule has 0 bridgehead atoms. The van der Waals surface area contributed by atoms with Gasteiger partial charge in [0.25, 0.3) is 0 Å². The third-order valence-corrected chi connectivity index (χ3v) is 3.25. The maximum Gasteiger partial charge on any atom is 0.313 e. The topological polar surface area (TPSA) is 105 Å². The predicted molar refractivity (Wildman–Crippen MR) is 72.4 cm³/mol. The molecule has 110 valence electrons. The standard InChI is InChI=1S/C13H18N2O5/c1-13(2,12(16)20-4)11(14)8-5-6-10(19-3)9(7-8)15(17)18/h5-7,11H,14H2,1-4H3/t11-/m0/s1. The summed E-state index contributed by atoms with van der Waals surface area (Å²) in [6, 6.07) is 3.63. The van der Waals surface area contributed by atoms with E-state index in [0.29, 0.717) is 5.56 Å². The summed E-state index contributed by atoms with van der Waals surface area (Å²) in [5.74, 6) is -0.342. The Morgan fingerprint density at radius 3 is 2.45 bits per heavy atom. The molecule has 1 aromatic rings. The van der Waals surface area contributed by atoms with Crippen molar-refractivity contribution in [3.63, 3.8) is 0 Å². The summed E-state index contributed by atoms with van der Waals surface area (Å²) in [5.41, 5.74) is 5.32. The van der Waals surface area contributed by atoms with Gasteiger partial charge in [-0.15, -0.1) is 0 Å². The van der Waals surface area contributed by atoms with Gasteiger partial charge in [0, 0.05) is 12.1 Å². The summed E-state index contributed by atoms with van der Waals surface area (Å²) in [5, 5.41) is 11.0. The molecule has 0 amide bonds. The zero-order valence-electron chi connectivity index (χ0n) is 11.9. The van der Waals surface area contributed by atoms with Crippen molar-refractivity contribution >= 4 is 11.7 Å². The number of rotatable bonds is 5. The minimum Gasteiger partial charge on any atom is -0.490 e. The second-order valence-corrected chi connectivity index (χ2v) is 4.88. The average Bonchev–Trinajstić information content (AvgIpc) is 2.44. The highest BCUT2D eigenvalue weighted by molar-refractivity contribution is 5.77. The van der Waals surface area contributed by atoms with Gasteiger partial charge >= 0.3 is 11.7 Å². The third kappa shape index (κ3) is 2.88. The van der Waals surface area contributed by atoms with Crippen molar-refractivity contribution in [1.29, 1.82) is 0 Å². The number of carbonyl (C=O) groups excluding carboxylic acids is 1. The highest BCUT2D eigenvalue weighted by Crippen LogP contribution is 2.36. The van der Waals surface area contributed by atoms with Gasteiger partial charge in [-0.3, -0.25) is 14.9 Å². The zero-order chi connectivity index (χ0) is 15.5. The normalized spacial score (nSPS) is 12.7. The summed E-state index contributed by atoms with van der Waals surface area (Å²) in [7, 11) is 2.62. The van der Waals surface area contributed by atoms with Crippen LogP contribution in [-0.4, -0.2) is 25.1 Å². The molecule has 20 heavy (non-hydrogen) atoms.